The molecule has 1 aromatic carbocycles. The summed E-state index contributed by atoms with van der Waals surface area (Å²) in [4.78, 5) is 10.5. The Bertz CT molecular complexity index is 365. The van der Waals surface area contributed by atoms with Gasteiger partial charge in [-0.3, -0.25) is 4.79 Å². The van der Waals surface area contributed by atoms with E-state index in [1.54, 1.807) is 7.11 Å². The SMILES string of the molecule is COc1ccccc1CNCC(C)CC(=O)O. The van der Waals surface area contributed by atoms with Crippen molar-refractivity contribution in [2.24, 2.45) is 5.92 Å². The first-order chi connectivity index (χ1) is 8.13. The van der Waals surface area contributed by atoms with Crippen LogP contribution in [-0.4, -0.2) is 24.7 Å². The molecule has 0 aliphatic rings. The first-order valence-electron chi connectivity index (χ1n) is 5.68. The summed E-state index contributed by atoms with van der Waals surface area (Å²) in [6.45, 7) is 3.29. The lowest BCUT2D eigenvalue weighted by Crippen LogP contribution is -2.22. The van der Waals surface area contributed by atoms with Crippen molar-refractivity contribution in [2.45, 2.75) is 19.9 Å². The average Bonchev–Trinajstić information content (AvgIpc) is 2.28. The van der Waals surface area contributed by atoms with E-state index in [0.29, 0.717) is 13.1 Å². The molecule has 1 unspecified atom stereocenters. The summed E-state index contributed by atoms with van der Waals surface area (Å²) in [6, 6.07) is 7.79. The lowest BCUT2D eigenvalue weighted by molar-refractivity contribution is -0.137. The molecule has 4 nitrogen and oxygen atoms in total. The molecule has 0 saturated heterocycles. The van der Waals surface area contributed by atoms with E-state index in [1.165, 1.54) is 0 Å². The molecule has 0 aliphatic heterocycles. The minimum absolute atomic E-state index is 0.127. The van der Waals surface area contributed by atoms with Crippen molar-refractivity contribution in [3.63, 3.8) is 0 Å². The minimum atomic E-state index is -0.753. The molecule has 2 N–H and O–H groups in total. The topological polar surface area (TPSA) is 58.6 Å². The molecule has 0 spiro atoms. The molecule has 1 rings (SSSR count). The van der Waals surface area contributed by atoms with Crippen LogP contribution in [0.15, 0.2) is 24.3 Å². The highest BCUT2D eigenvalue weighted by Gasteiger charge is 2.07. The van der Waals surface area contributed by atoms with E-state index in [1.807, 2.05) is 31.2 Å². The Morgan fingerprint density at radius 2 is 2.18 bits per heavy atom. The Morgan fingerprint density at radius 1 is 1.47 bits per heavy atom. The monoisotopic (exact) mass is 237 g/mol. The summed E-state index contributed by atoms with van der Waals surface area (Å²) in [5.41, 5.74) is 1.08. The third-order valence-electron chi connectivity index (χ3n) is 2.52. The number of aliphatic carboxylic acids is 1. The Morgan fingerprint density at radius 3 is 2.82 bits per heavy atom. The number of para-hydroxylation sites is 1. The summed E-state index contributed by atoms with van der Waals surface area (Å²) in [6.07, 6.45) is 0.193. The van der Waals surface area contributed by atoms with Crippen LogP contribution in [0.25, 0.3) is 0 Å². The van der Waals surface area contributed by atoms with Crippen LogP contribution in [0.4, 0.5) is 0 Å². The lowest BCUT2D eigenvalue weighted by Gasteiger charge is -2.12. The third kappa shape index (κ3) is 4.87. The predicted octanol–water partition coefficient (Wildman–Crippen LogP) is 1.90. The van der Waals surface area contributed by atoms with Gasteiger partial charge in [0.1, 0.15) is 5.75 Å². The van der Waals surface area contributed by atoms with Crippen LogP contribution < -0.4 is 10.1 Å². The maximum absolute atomic E-state index is 10.5. The molecule has 1 aromatic rings. The second-order valence-corrected chi connectivity index (χ2v) is 4.15. The molecule has 0 aliphatic carbocycles. The summed E-state index contributed by atoms with van der Waals surface area (Å²) >= 11 is 0. The molecule has 0 fully saturated rings. The molecule has 1 atom stereocenters. The highest BCUT2D eigenvalue weighted by molar-refractivity contribution is 5.66. The first kappa shape index (κ1) is 13.5. The Labute approximate surface area is 102 Å². The van der Waals surface area contributed by atoms with Crippen molar-refractivity contribution < 1.29 is 14.6 Å². The molecular formula is C13H19NO3. The number of carboxylic acid groups (broad SMARTS) is 1. The van der Waals surface area contributed by atoms with Gasteiger partial charge in [0.2, 0.25) is 0 Å². The molecular weight excluding hydrogens is 218 g/mol. The van der Waals surface area contributed by atoms with Gasteiger partial charge < -0.3 is 15.2 Å². The van der Waals surface area contributed by atoms with E-state index in [0.717, 1.165) is 11.3 Å². The van der Waals surface area contributed by atoms with Crippen molar-refractivity contribution in [1.29, 1.82) is 0 Å². The van der Waals surface area contributed by atoms with Gasteiger partial charge in [-0.15, -0.1) is 0 Å². The molecule has 0 radical (unpaired) electrons. The molecule has 94 valence electrons. The molecule has 0 saturated carbocycles. The molecule has 0 amide bonds. The summed E-state index contributed by atoms with van der Waals surface area (Å²) < 4.78 is 5.23. The van der Waals surface area contributed by atoms with Crippen LogP contribution >= 0.6 is 0 Å². The van der Waals surface area contributed by atoms with Crippen molar-refractivity contribution in [2.75, 3.05) is 13.7 Å². The molecule has 4 heteroatoms. The smallest absolute Gasteiger partial charge is 0.303 e. The van der Waals surface area contributed by atoms with Gasteiger partial charge >= 0.3 is 5.97 Å². The van der Waals surface area contributed by atoms with E-state index in [4.69, 9.17) is 9.84 Å². The number of carboxylic acids is 1. The number of hydrogen-bond donors (Lipinski definition) is 2. The highest BCUT2D eigenvalue weighted by Crippen LogP contribution is 2.16. The average molecular weight is 237 g/mol. The Kier molecular flexibility index (Phi) is 5.49. The van der Waals surface area contributed by atoms with Gasteiger partial charge in [0.15, 0.2) is 0 Å². The van der Waals surface area contributed by atoms with E-state index in [2.05, 4.69) is 5.32 Å². The largest absolute Gasteiger partial charge is 0.496 e. The first-order valence-corrected chi connectivity index (χ1v) is 5.68. The van der Waals surface area contributed by atoms with Gasteiger partial charge in [0, 0.05) is 18.5 Å². The zero-order valence-electron chi connectivity index (χ0n) is 10.3. The van der Waals surface area contributed by atoms with Gasteiger partial charge in [0.25, 0.3) is 0 Å². The number of nitrogens with one attached hydrogen (secondary N) is 1. The fourth-order valence-corrected chi connectivity index (χ4v) is 1.67. The van der Waals surface area contributed by atoms with Crippen LogP contribution in [0, 0.1) is 5.92 Å². The van der Waals surface area contributed by atoms with Gasteiger partial charge in [-0.2, -0.15) is 0 Å². The van der Waals surface area contributed by atoms with E-state index in [-0.39, 0.29) is 12.3 Å². The highest BCUT2D eigenvalue weighted by atomic mass is 16.5. The van der Waals surface area contributed by atoms with Crippen molar-refractivity contribution in [3.05, 3.63) is 29.8 Å². The number of ether oxygens (including phenoxy) is 1. The normalized spacial score (nSPS) is 12.1. The van der Waals surface area contributed by atoms with Crippen LogP contribution in [0.3, 0.4) is 0 Å². The van der Waals surface area contributed by atoms with Crippen LogP contribution in [0.2, 0.25) is 0 Å². The van der Waals surface area contributed by atoms with Gasteiger partial charge in [0.05, 0.1) is 7.11 Å². The van der Waals surface area contributed by atoms with Crippen molar-refractivity contribution in [1.82, 2.24) is 5.32 Å². The number of methoxy groups -OCH3 is 1. The maximum atomic E-state index is 10.5. The van der Waals surface area contributed by atoms with Gasteiger partial charge in [-0.05, 0) is 18.5 Å². The molecule has 17 heavy (non-hydrogen) atoms. The summed E-state index contributed by atoms with van der Waals surface area (Å²) in [7, 11) is 1.64. The quantitative estimate of drug-likeness (QED) is 0.760. The zero-order chi connectivity index (χ0) is 12.7. The minimum Gasteiger partial charge on any atom is -0.496 e. The molecule has 0 bridgehead atoms. The van der Waals surface area contributed by atoms with E-state index >= 15 is 0 Å². The van der Waals surface area contributed by atoms with Crippen LogP contribution in [-0.2, 0) is 11.3 Å². The fourth-order valence-electron chi connectivity index (χ4n) is 1.67. The Balaban J connectivity index is 2.37. The second kappa shape index (κ2) is 6.91. The van der Waals surface area contributed by atoms with Crippen molar-refractivity contribution >= 4 is 5.97 Å². The predicted molar refractivity (Wildman–Crippen MR) is 66.1 cm³/mol. The Hall–Kier alpha value is -1.55. The fraction of sp³-hybridized carbons (Fsp3) is 0.462. The van der Waals surface area contributed by atoms with Crippen molar-refractivity contribution in [3.8, 4) is 5.75 Å². The van der Waals surface area contributed by atoms with E-state index in [9.17, 15) is 4.79 Å². The van der Waals surface area contributed by atoms with Crippen LogP contribution in [0.5, 0.6) is 5.75 Å². The summed E-state index contributed by atoms with van der Waals surface area (Å²) in [5.74, 6) is 0.227. The second-order valence-electron chi connectivity index (χ2n) is 4.15. The number of rotatable bonds is 7. The van der Waals surface area contributed by atoms with Gasteiger partial charge in [-0.25, -0.2) is 0 Å². The lowest BCUT2D eigenvalue weighted by atomic mass is 10.1. The summed E-state index contributed by atoms with van der Waals surface area (Å²) in [5, 5.41) is 11.9. The molecule has 0 aromatic heterocycles. The molecule has 0 heterocycles. The number of carbonyl (C=O) groups is 1. The maximum Gasteiger partial charge on any atom is 0.303 e. The standard InChI is InChI=1S/C13H19NO3/c1-10(7-13(15)16)8-14-9-11-5-3-4-6-12(11)17-2/h3-6,10,14H,7-9H2,1-2H3,(H,15,16). The number of benzene rings is 1. The number of hydrogen-bond acceptors (Lipinski definition) is 3. The zero-order valence-corrected chi connectivity index (χ0v) is 10.3. The van der Waals surface area contributed by atoms with E-state index < -0.39 is 5.97 Å². The third-order valence-corrected chi connectivity index (χ3v) is 2.52. The van der Waals surface area contributed by atoms with Crippen LogP contribution in [0.1, 0.15) is 18.9 Å². The van der Waals surface area contributed by atoms with Gasteiger partial charge in [-0.1, -0.05) is 25.1 Å².